The number of rotatable bonds is 2. The van der Waals surface area contributed by atoms with Crippen molar-refractivity contribution in [3.63, 3.8) is 0 Å². The standard InChI is InChI=1S/C15H16FN3O2/c16-9-3-4-11-12(7-14(20)19-13(11)6-9)15(21)18-10-2-1-5-17-8-10/h3-4,6-7,10,17H,1-2,5,8H2,(H,18,21)(H,19,20)/t10-/m0/s1. The number of fused-ring (bicyclic) bond motifs is 1. The molecule has 0 unspecified atom stereocenters. The molecule has 0 aliphatic carbocycles. The van der Waals surface area contributed by atoms with Gasteiger partial charge in [-0.2, -0.15) is 0 Å². The molecule has 0 saturated carbocycles. The van der Waals surface area contributed by atoms with Crippen LogP contribution in [0.4, 0.5) is 4.39 Å². The van der Waals surface area contributed by atoms with Gasteiger partial charge in [-0.1, -0.05) is 0 Å². The summed E-state index contributed by atoms with van der Waals surface area (Å²) in [6.45, 7) is 1.68. The lowest BCUT2D eigenvalue weighted by Gasteiger charge is -2.24. The Morgan fingerprint density at radius 1 is 1.33 bits per heavy atom. The van der Waals surface area contributed by atoms with Crippen LogP contribution in [0.5, 0.6) is 0 Å². The summed E-state index contributed by atoms with van der Waals surface area (Å²) in [6.07, 6.45) is 1.92. The molecule has 0 radical (unpaired) electrons. The lowest BCUT2D eigenvalue weighted by atomic mass is 10.1. The molecule has 3 rings (SSSR count). The van der Waals surface area contributed by atoms with Crippen LogP contribution in [0.25, 0.3) is 10.9 Å². The van der Waals surface area contributed by atoms with Gasteiger partial charge in [-0.05, 0) is 37.6 Å². The van der Waals surface area contributed by atoms with E-state index in [1.807, 2.05) is 0 Å². The highest BCUT2D eigenvalue weighted by atomic mass is 19.1. The normalized spacial score (nSPS) is 18.6. The van der Waals surface area contributed by atoms with Gasteiger partial charge in [0.25, 0.3) is 5.91 Å². The Morgan fingerprint density at radius 2 is 2.19 bits per heavy atom. The van der Waals surface area contributed by atoms with Gasteiger partial charge in [-0.25, -0.2) is 4.39 Å². The number of carbonyl (C=O) groups excluding carboxylic acids is 1. The molecule has 0 bridgehead atoms. The van der Waals surface area contributed by atoms with Gasteiger partial charge in [0.05, 0.1) is 11.1 Å². The molecule has 3 N–H and O–H groups in total. The Kier molecular flexibility index (Phi) is 3.70. The molecule has 1 aromatic heterocycles. The minimum atomic E-state index is -0.452. The first-order valence-electron chi connectivity index (χ1n) is 6.97. The number of pyridine rings is 1. The van der Waals surface area contributed by atoms with Crippen LogP contribution in [0, 0.1) is 5.82 Å². The maximum Gasteiger partial charge on any atom is 0.252 e. The Labute approximate surface area is 120 Å². The van der Waals surface area contributed by atoms with Crippen molar-refractivity contribution in [2.24, 2.45) is 0 Å². The molecule has 21 heavy (non-hydrogen) atoms. The summed E-state index contributed by atoms with van der Waals surface area (Å²) < 4.78 is 13.2. The van der Waals surface area contributed by atoms with Crippen molar-refractivity contribution in [1.29, 1.82) is 0 Å². The quantitative estimate of drug-likeness (QED) is 0.776. The van der Waals surface area contributed by atoms with Gasteiger partial charge in [0.2, 0.25) is 5.56 Å². The zero-order chi connectivity index (χ0) is 14.8. The van der Waals surface area contributed by atoms with Crippen molar-refractivity contribution in [2.75, 3.05) is 13.1 Å². The molecule has 1 amide bonds. The second-order valence-electron chi connectivity index (χ2n) is 5.25. The van der Waals surface area contributed by atoms with Gasteiger partial charge in [-0.15, -0.1) is 0 Å². The fourth-order valence-corrected chi connectivity index (χ4v) is 2.66. The summed E-state index contributed by atoms with van der Waals surface area (Å²) in [5.41, 5.74) is 0.189. The number of halogens is 1. The fraction of sp³-hybridized carbons (Fsp3) is 0.333. The number of carbonyl (C=O) groups is 1. The average molecular weight is 289 g/mol. The van der Waals surface area contributed by atoms with Gasteiger partial charge >= 0.3 is 0 Å². The Balaban J connectivity index is 1.95. The molecule has 1 fully saturated rings. The molecule has 0 spiro atoms. The molecular weight excluding hydrogens is 273 g/mol. The number of piperidine rings is 1. The van der Waals surface area contributed by atoms with Crippen molar-refractivity contribution in [1.82, 2.24) is 15.6 Å². The van der Waals surface area contributed by atoms with Crippen molar-refractivity contribution in [2.45, 2.75) is 18.9 Å². The predicted octanol–water partition coefficient (Wildman–Crippen LogP) is 1.15. The molecule has 1 aliphatic heterocycles. The third kappa shape index (κ3) is 2.95. The molecule has 2 heterocycles. The summed E-state index contributed by atoms with van der Waals surface area (Å²) in [7, 11) is 0. The van der Waals surface area contributed by atoms with E-state index in [-0.39, 0.29) is 17.5 Å². The van der Waals surface area contributed by atoms with Crippen LogP contribution in [0.3, 0.4) is 0 Å². The molecule has 110 valence electrons. The number of aromatic nitrogens is 1. The summed E-state index contributed by atoms with van der Waals surface area (Å²) in [5.74, 6) is -0.751. The lowest BCUT2D eigenvalue weighted by molar-refractivity contribution is 0.0932. The van der Waals surface area contributed by atoms with Gasteiger partial charge in [0, 0.05) is 24.0 Å². The molecule has 2 aromatic rings. The topological polar surface area (TPSA) is 74.0 Å². The predicted molar refractivity (Wildman–Crippen MR) is 77.9 cm³/mol. The Morgan fingerprint density at radius 3 is 2.95 bits per heavy atom. The second kappa shape index (κ2) is 5.65. The van der Waals surface area contributed by atoms with Gasteiger partial charge in [0.1, 0.15) is 5.82 Å². The summed E-state index contributed by atoms with van der Waals surface area (Å²) >= 11 is 0. The number of benzene rings is 1. The number of hydrogen-bond donors (Lipinski definition) is 3. The van der Waals surface area contributed by atoms with Gasteiger partial charge < -0.3 is 15.6 Å². The zero-order valence-corrected chi connectivity index (χ0v) is 11.4. The molecule has 5 nitrogen and oxygen atoms in total. The van der Waals surface area contributed by atoms with Crippen molar-refractivity contribution in [3.8, 4) is 0 Å². The minimum absolute atomic E-state index is 0.0565. The fourth-order valence-electron chi connectivity index (χ4n) is 2.66. The Bertz CT molecular complexity index is 735. The van der Waals surface area contributed by atoms with Crippen LogP contribution in [0.1, 0.15) is 23.2 Å². The number of H-pyrrole nitrogens is 1. The minimum Gasteiger partial charge on any atom is -0.348 e. The molecular formula is C15H16FN3O2. The van der Waals surface area contributed by atoms with E-state index in [0.717, 1.165) is 25.9 Å². The second-order valence-corrected chi connectivity index (χ2v) is 5.25. The van der Waals surface area contributed by atoms with E-state index < -0.39 is 11.4 Å². The molecule has 1 aromatic carbocycles. The molecule has 1 atom stereocenters. The van der Waals surface area contributed by atoms with Crippen molar-refractivity contribution >= 4 is 16.8 Å². The van der Waals surface area contributed by atoms with Gasteiger partial charge in [0.15, 0.2) is 0 Å². The first-order chi connectivity index (χ1) is 10.1. The largest absolute Gasteiger partial charge is 0.348 e. The number of amides is 1. The summed E-state index contributed by atoms with van der Waals surface area (Å²) in [6, 6.07) is 5.32. The molecule has 6 heteroatoms. The zero-order valence-electron chi connectivity index (χ0n) is 11.4. The third-order valence-electron chi connectivity index (χ3n) is 3.68. The van der Waals surface area contributed by atoms with E-state index in [1.54, 1.807) is 0 Å². The van der Waals surface area contributed by atoms with Gasteiger partial charge in [-0.3, -0.25) is 9.59 Å². The highest BCUT2D eigenvalue weighted by Gasteiger charge is 2.18. The first kappa shape index (κ1) is 13.8. The van der Waals surface area contributed by atoms with Crippen LogP contribution in [0.2, 0.25) is 0 Å². The smallest absolute Gasteiger partial charge is 0.252 e. The third-order valence-corrected chi connectivity index (χ3v) is 3.68. The van der Waals surface area contributed by atoms with Crippen LogP contribution in [0.15, 0.2) is 29.1 Å². The molecule has 1 saturated heterocycles. The average Bonchev–Trinajstić information content (AvgIpc) is 2.47. The first-order valence-corrected chi connectivity index (χ1v) is 6.97. The monoisotopic (exact) mass is 289 g/mol. The number of hydrogen-bond acceptors (Lipinski definition) is 3. The van der Waals surface area contributed by atoms with E-state index in [0.29, 0.717) is 10.9 Å². The van der Waals surface area contributed by atoms with Crippen LogP contribution >= 0.6 is 0 Å². The summed E-state index contributed by atoms with van der Waals surface area (Å²) in [5, 5.41) is 6.68. The number of nitrogens with one attached hydrogen (secondary N) is 3. The Hall–Kier alpha value is -2.21. The van der Waals surface area contributed by atoms with Crippen LogP contribution < -0.4 is 16.2 Å². The summed E-state index contributed by atoms with van der Waals surface area (Å²) in [4.78, 5) is 26.6. The van der Waals surface area contributed by atoms with E-state index in [9.17, 15) is 14.0 Å². The highest BCUT2D eigenvalue weighted by molar-refractivity contribution is 6.06. The maximum atomic E-state index is 13.2. The van der Waals surface area contributed by atoms with Crippen molar-refractivity contribution in [3.05, 3.63) is 46.0 Å². The van der Waals surface area contributed by atoms with E-state index in [4.69, 9.17) is 0 Å². The van der Waals surface area contributed by atoms with Crippen LogP contribution in [-0.4, -0.2) is 30.0 Å². The van der Waals surface area contributed by atoms with E-state index >= 15 is 0 Å². The highest BCUT2D eigenvalue weighted by Crippen LogP contribution is 2.16. The maximum absolute atomic E-state index is 13.2. The number of aromatic amines is 1. The van der Waals surface area contributed by atoms with Crippen molar-refractivity contribution < 1.29 is 9.18 Å². The lowest BCUT2D eigenvalue weighted by Crippen LogP contribution is -2.45. The molecule has 1 aliphatic rings. The van der Waals surface area contributed by atoms with E-state index in [2.05, 4.69) is 15.6 Å². The van der Waals surface area contributed by atoms with E-state index in [1.165, 1.54) is 24.3 Å². The SMILES string of the molecule is O=C(N[C@H]1CCCNC1)c1cc(=O)[nH]c2cc(F)ccc12. The van der Waals surface area contributed by atoms with Crippen LogP contribution in [-0.2, 0) is 0 Å².